The molecule has 0 fully saturated rings. The number of ketones is 1. The van der Waals surface area contributed by atoms with Gasteiger partial charge in [-0.2, -0.15) is 13.2 Å². The fourth-order valence-electron chi connectivity index (χ4n) is 1.35. The van der Waals surface area contributed by atoms with E-state index in [0.29, 0.717) is 0 Å². The highest BCUT2D eigenvalue weighted by molar-refractivity contribution is 6.30. The van der Waals surface area contributed by atoms with Gasteiger partial charge in [0.1, 0.15) is 18.2 Å². The molecule has 1 rings (SSSR count). The summed E-state index contributed by atoms with van der Waals surface area (Å²) in [5.74, 6) is -0.989. The maximum Gasteiger partial charge on any atom is 0.411 e. The number of ether oxygens (including phenoxy) is 1. The first-order valence-corrected chi connectivity index (χ1v) is 5.76. The SMILES string of the molecule is O=C(CCOCC(F)(F)F)Cc1cc(Cl)ccc1F. The molecule has 0 aliphatic rings. The topological polar surface area (TPSA) is 26.3 Å². The van der Waals surface area contributed by atoms with Gasteiger partial charge in [0.2, 0.25) is 0 Å². The van der Waals surface area contributed by atoms with E-state index in [1.807, 2.05) is 0 Å². The van der Waals surface area contributed by atoms with Crippen LogP contribution in [0.5, 0.6) is 0 Å². The minimum absolute atomic E-state index is 0.119. The van der Waals surface area contributed by atoms with Gasteiger partial charge in [0.15, 0.2) is 0 Å². The lowest BCUT2D eigenvalue weighted by atomic mass is 10.1. The second-order valence-electron chi connectivity index (χ2n) is 3.87. The summed E-state index contributed by atoms with van der Waals surface area (Å²) in [4.78, 5) is 11.4. The van der Waals surface area contributed by atoms with Gasteiger partial charge in [-0.3, -0.25) is 4.79 Å². The van der Waals surface area contributed by atoms with E-state index < -0.39 is 24.4 Å². The molecule has 106 valence electrons. The highest BCUT2D eigenvalue weighted by atomic mass is 35.5. The molecule has 0 amide bonds. The summed E-state index contributed by atoms with van der Waals surface area (Å²) in [6.07, 6.45) is -4.84. The predicted molar refractivity (Wildman–Crippen MR) is 61.6 cm³/mol. The lowest BCUT2D eigenvalue weighted by Gasteiger charge is -2.07. The molecule has 0 bridgehead atoms. The van der Waals surface area contributed by atoms with Crippen LogP contribution in [0.15, 0.2) is 18.2 Å². The van der Waals surface area contributed by atoms with E-state index in [0.717, 1.165) is 6.07 Å². The minimum Gasteiger partial charge on any atom is -0.372 e. The summed E-state index contributed by atoms with van der Waals surface area (Å²) in [5, 5.41) is 0.289. The Morgan fingerprint density at radius 3 is 2.63 bits per heavy atom. The summed E-state index contributed by atoms with van der Waals surface area (Å²) in [5.41, 5.74) is 0.119. The van der Waals surface area contributed by atoms with Gasteiger partial charge in [-0.05, 0) is 23.8 Å². The first-order chi connectivity index (χ1) is 8.78. The van der Waals surface area contributed by atoms with E-state index in [1.165, 1.54) is 12.1 Å². The lowest BCUT2D eigenvalue weighted by Crippen LogP contribution is -2.18. The summed E-state index contributed by atoms with van der Waals surface area (Å²) in [6, 6.07) is 3.79. The summed E-state index contributed by atoms with van der Waals surface area (Å²) in [7, 11) is 0. The number of hydrogen-bond acceptors (Lipinski definition) is 2. The molecule has 0 atom stereocenters. The third-order valence-corrected chi connectivity index (χ3v) is 2.42. The minimum atomic E-state index is -4.41. The molecule has 1 aromatic rings. The number of carbonyl (C=O) groups is 1. The predicted octanol–water partition coefficient (Wildman–Crippen LogP) is 3.56. The highest BCUT2D eigenvalue weighted by Gasteiger charge is 2.27. The molecule has 0 N–H and O–H groups in total. The van der Waals surface area contributed by atoms with Crippen molar-refractivity contribution in [2.45, 2.75) is 19.0 Å². The van der Waals surface area contributed by atoms with Gasteiger partial charge < -0.3 is 4.74 Å². The van der Waals surface area contributed by atoms with Crippen molar-refractivity contribution in [3.8, 4) is 0 Å². The number of carbonyl (C=O) groups excluding carboxylic acids is 1. The molecule has 0 radical (unpaired) electrons. The second-order valence-corrected chi connectivity index (χ2v) is 4.31. The van der Waals surface area contributed by atoms with Crippen LogP contribution in [0.3, 0.4) is 0 Å². The van der Waals surface area contributed by atoms with Crippen LogP contribution in [0.2, 0.25) is 5.02 Å². The fourth-order valence-corrected chi connectivity index (χ4v) is 1.55. The molecule has 0 spiro atoms. The molecule has 0 saturated heterocycles. The van der Waals surface area contributed by atoms with Gasteiger partial charge in [0.05, 0.1) is 6.61 Å². The Hall–Kier alpha value is -1.14. The number of hydrogen-bond donors (Lipinski definition) is 0. The van der Waals surface area contributed by atoms with Crippen LogP contribution in [0.1, 0.15) is 12.0 Å². The zero-order valence-corrected chi connectivity index (χ0v) is 10.5. The van der Waals surface area contributed by atoms with E-state index in [-0.39, 0.29) is 30.0 Å². The zero-order chi connectivity index (χ0) is 14.5. The lowest BCUT2D eigenvalue weighted by molar-refractivity contribution is -0.174. The standard InChI is InChI=1S/C12H11ClF4O2/c13-9-1-2-11(14)8(5-9)6-10(18)3-4-19-7-12(15,16)17/h1-2,5H,3-4,6-7H2. The van der Waals surface area contributed by atoms with Gasteiger partial charge in [-0.25, -0.2) is 4.39 Å². The Kier molecular flexibility index (Phi) is 5.75. The zero-order valence-electron chi connectivity index (χ0n) is 9.77. The van der Waals surface area contributed by atoms with E-state index in [2.05, 4.69) is 4.74 Å². The Bertz CT molecular complexity index is 446. The van der Waals surface area contributed by atoms with Crippen molar-refractivity contribution in [1.82, 2.24) is 0 Å². The largest absolute Gasteiger partial charge is 0.411 e. The van der Waals surface area contributed by atoms with Crippen LogP contribution in [-0.2, 0) is 16.0 Å². The Morgan fingerprint density at radius 2 is 2.00 bits per heavy atom. The maximum absolute atomic E-state index is 13.3. The van der Waals surface area contributed by atoms with E-state index in [1.54, 1.807) is 0 Å². The van der Waals surface area contributed by atoms with Gasteiger partial charge in [0.25, 0.3) is 0 Å². The normalized spacial score (nSPS) is 11.6. The number of benzene rings is 1. The quantitative estimate of drug-likeness (QED) is 0.593. The Labute approximate surface area is 112 Å². The second kappa shape index (κ2) is 6.86. The van der Waals surface area contributed by atoms with Crippen molar-refractivity contribution in [2.75, 3.05) is 13.2 Å². The van der Waals surface area contributed by atoms with Crippen molar-refractivity contribution >= 4 is 17.4 Å². The van der Waals surface area contributed by atoms with Crippen LogP contribution in [-0.4, -0.2) is 25.2 Å². The van der Waals surface area contributed by atoms with Crippen LogP contribution in [0, 0.1) is 5.82 Å². The van der Waals surface area contributed by atoms with Gasteiger partial charge in [-0.15, -0.1) is 0 Å². The molecule has 7 heteroatoms. The highest BCUT2D eigenvalue weighted by Crippen LogP contribution is 2.17. The van der Waals surface area contributed by atoms with Crippen molar-refractivity contribution < 1.29 is 27.1 Å². The van der Waals surface area contributed by atoms with Crippen molar-refractivity contribution in [2.24, 2.45) is 0 Å². The van der Waals surface area contributed by atoms with Gasteiger partial charge >= 0.3 is 6.18 Å². The molecule has 0 unspecified atom stereocenters. The van der Waals surface area contributed by atoms with Crippen LogP contribution in [0.25, 0.3) is 0 Å². The van der Waals surface area contributed by atoms with Gasteiger partial charge in [0, 0.05) is 17.9 Å². The van der Waals surface area contributed by atoms with E-state index in [9.17, 15) is 22.4 Å². The molecular formula is C12H11ClF4O2. The molecule has 0 aliphatic heterocycles. The molecule has 0 saturated carbocycles. The Morgan fingerprint density at radius 1 is 1.32 bits per heavy atom. The fraction of sp³-hybridized carbons (Fsp3) is 0.417. The number of alkyl halides is 3. The van der Waals surface area contributed by atoms with Crippen molar-refractivity contribution in [3.05, 3.63) is 34.6 Å². The molecule has 0 aliphatic carbocycles. The Balaban J connectivity index is 2.37. The van der Waals surface area contributed by atoms with E-state index in [4.69, 9.17) is 11.6 Å². The third-order valence-electron chi connectivity index (χ3n) is 2.19. The first kappa shape index (κ1) is 15.9. The molecular weight excluding hydrogens is 288 g/mol. The van der Waals surface area contributed by atoms with Crippen molar-refractivity contribution in [3.63, 3.8) is 0 Å². The summed E-state index contributed by atoms with van der Waals surface area (Å²) >= 11 is 5.65. The smallest absolute Gasteiger partial charge is 0.372 e. The molecule has 0 heterocycles. The summed E-state index contributed by atoms with van der Waals surface area (Å²) < 4.78 is 52.8. The monoisotopic (exact) mass is 298 g/mol. The van der Waals surface area contributed by atoms with E-state index >= 15 is 0 Å². The average Bonchev–Trinajstić information content (AvgIpc) is 2.28. The molecule has 19 heavy (non-hydrogen) atoms. The van der Waals surface area contributed by atoms with Crippen molar-refractivity contribution in [1.29, 1.82) is 0 Å². The number of Topliss-reactive ketones (excluding diaryl/α,β-unsaturated/α-hetero) is 1. The first-order valence-electron chi connectivity index (χ1n) is 5.38. The van der Waals surface area contributed by atoms with Crippen LogP contribution >= 0.6 is 11.6 Å². The molecule has 1 aromatic carbocycles. The maximum atomic E-state index is 13.3. The van der Waals surface area contributed by atoms with Gasteiger partial charge in [-0.1, -0.05) is 11.6 Å². The summed E-state index contributed by atoms with van der Waals surface area (Å²) in [6.45, 7) is -1.74. The average molecular weight is 299 g/mol. The number of rotatable bonds is 6. The van der Waals surface area contributed by atoms with Crippen LogP contribution < -0.4 is 0 Å². The molecule has 0 aromatic heterocycles. The van der Waals surface area contributed by atoms with Crippen LogP contribution in [0.4, 0.5) is 17.6 Å². The number of halogens is 5. The molecule has 2 nitrogen and oxygen atoms in total. The third kappa shape index (κ3) is 6.54.